The van der Waals surface area contributed by atoms with Crippen LogP contribution < -0.4 is 10.3 Å². The van der Waals surface area contributed by atoms with Gasteiger partial charge in [-0.05, 0) is 42.5 Å². The topological polar surface area (TPSA) is 59.9 Å². The highest BCUT2D eigenvalue weighted by Crippen LogP contribution is 2.38. The van der Waals surface area contributed by atoms with E-state index in [2.05, 4.69) is 9.97 Å². The van der Waals surface area contributed by atoms with Crippen molar-refractivity contribution < 1.29 is 17.9 Å². The van der Waals surface area contributed by atoms with E-state index >= 15 is 0 Å². The fourth-order valence-corrected chi connectivity index (χ4v) is 4.35. The van der Waals surface area contributed by atoms with E-state index in [0.29, 0.717) is 20.7 Å². The molecule has 3 heterocycles. The number of aromatic amines is 1. The number of nitrogens with zero attached hydrogens (tertiary/aromatic N) is 2. The van der Waals surface area contributed by atoms with Crippen molar-refractivity contribution in [3.63, 3.8) is 0 Å². The zero-order valence-electron chi connectivity index (χ0n) is 15.1. The highest BCUT2D eigenvalue weighted by atomic mass is 35.5. The Hall–Kier alpha value is -2.69. The summed E-state index contributed by atoms with van der Waals surface area (Å²) in [6.07, 6.45) is -4.80. The van der Waals surface area contributed by atoms with Gasteiger partial charge in [-0.3, -0.25) is 14.3 Å². The van der Waals surface area contributed by atoms with Crippen LogP contribution in [0.2, 0.25) is 4.34 Å². The number of H-pyrrole nitrogens is 1. The van der Waals surface area contributed by atoms with Gasteiger partial charge in [0, 0.05) is 0 Å². The summed E-state index contributed by atoms with van der Waals surface area (Å²) in [5.41, 5.74) is -1.96. The summed E-state index contributed by atoms with van der Waals surface area (Å²) in [6, 6.07) is 10.6. The van der Waals surface area contributed by atoms with Gasteiger partial charge in [0.2, 0.25) is 0 Å². The molecule has 4 aromatic rings. The number of ether oxygens (including phenoxy) is 1. The molecule has 5 nitrogen and oxygen atoms in total. The standard InChI is InChI=1S/C19H11ClF3N3O2S2/c1-28-12-5-3-2-4-11(12)26-16-15(17(27)25-18(26)29)9(19(21,22)23)8-10(24-16)13-6-7-14(20)30-13/h2-8H,1H3,(H,25,27,29). The number of para-hydroxylation sites is 2. The lowest BCUT2D eigenvalue weighted by Crippen LogP contribution is -2.20. The van der Waals surface area contributed by atoms with E-state index in [0.717, 1.165) is 17.4 Å². The summed E-state index contributed by atoms with van der Waals surface area (Å²) in [4.78, 5) is 19.6. The van der Waals surface area contributed by atoms with Crippen molar-refractivity contribution in [2.75, 3.05) is 7.11 Å². The summed E-state index contributed by atoms with van der Waals surface area (Å²) in [5.74, 6) is 0.349. The van der Waals surface area contributed by atoms with Crippen molar-refractivity contribution in [3.8, 4) is 22.0 Å². The van der Waals surface area contributed by atoms with Gasteiger partial charge in [0.1, 0.15) is 5.75 Å². The molecular weight excluding hydrogens is 459 g/mol. The minimum Gasteiger partial charge on any atom is -0.495 e. The quantitative estimate of drug-likeness (QED) is 0.382. The van der Waals surface area contributed by atoms with E-state index in [1.54, 1.807) is 36.4 Å². The SMILES string of the molecule is COc1ccccc1-n1c(=S)[nH]c(=O)c2c(C(F)(F)F)cc(-c3ccc(Cl)s3)nc21. The average Bonchev–Trinajstić information content (AvgIpc) is 3.13. The maximum absolute atomic E-state index is 13.9. The van der Waals surface area contributed by atoms with Crippen molar-refractivity contribution in [1.29, 1.82) is 0 Å². The summed E-state index contributed by atoms with van der Waals surface area (Å²) >= 11 is 12.3. The molecule has 1 aromatic carbocycles. The number of rotatable bonds is 3. The molecule has 4 rings (SSSR count). The minimum atomic E-state index is -4.80. The smallest absolute Gasteiger partial charge is 0.417 e. The third-order valence-electron chi connectivity index (χ3n) is 4.32. The Labute approximate surface area is 181 Å². The Balaban J connectivity index is 2.21. The Morgan fingerprint density at radius 1 is 1.23 bits per heavy atom. The van der Waals surface area contributed by atoms with E-state index in [1.807, 2.05) is 0 Å². The minimum absolute atomic E-state index is 0.0235. The van der Waals surface area contributed by atoms with Crippen LogP contribution in [0.5, 0.6) is 5.75 Å². The number of fused-ring (bicyclic) bond motifs is 1. The first kappa shape index (κ1) is 20.6. The van der Waals surface area contributed by atoms with Crippen LogP contribution in [-0.2, 0) is 6.18 Å². The van der Waals surface area contributed by atoms with E-state index in [4.69, 9.17) is 28.6 Å². The second-order valence-corrected chi connectivity index (χ2v) is 8.22. The monoisotopic (exact) mass is 469 g/mol. The van der Waals surface area contributed by atoms with Crippen molar-refractivity contribution >= 4 is 46.2 Å². The van der Waals surface area contributed by atoms with Crippen LogP contribution in [0.15, 0.2) is 47.3 Å². The van der Waals surface area contributed by atoms with Crippen LogP contribution >= 0.6 is 35.2 Å². The molecule has 0 aliphatic carbocycles. The molecule has 0 bridgehead atoms. The summed E-state index contributed by atoms with van der Waals surface area (Å²) in [7, 11) is 1.42. The second-order valence-electron chi connectivity index (χ2n) is 6.12. The molecule has 0 atom stereocenters. The Bertz CT molecular complexity index is 1390. The normalized spacial score (nSPS) is 11.8. The molecule has 0 radical (unpaired) electrons. The summed E-state index contributed by atoms with van der Waals surface area (Å²) < 4.78 is 48.6. The number of pyridine rings is 1. The molecule has 11 heteroatoms. The van der Waals surface area contributed by atoms with E-state index in [9.17, 15) is 18.0 Å². The van der Waals surface area contributed by atoms with Crippen LogP contribution in [0.25, 0.3) is 27.3 Å². The third-order valence-corrected chi connectivity index (χ3v) is 5.86. The van der Waals surface area contributed by atoms with Gasteiger partial charge in [-0.25, -0.2) is 4.98 Å². The second kappa shape index (κ2) is 7.53. The van der Waals surface area contributed by atoms with Crippen LogP contribution in [-0.4, -0.2) is 21.6 Å². The number of thiophene rings is 1. The number of hydrogen-bond acceptors (Lipinski definition) is 5. The molecule has 0 saturated carbocycles. The predicted molar refractivity (Wildman–Crippen MR) is 112 cm³/mol. The highest BCUT2D eigenvalue weighted by Gasteiger charge is 2.36. The Morgan fingerprint density at radius 2 is 1.97 bits per heavy atom. The van der Waals surface area contributed by atoms with E-state index < -0.39 is 22.7 Å². The Kier molecular flexibility index (Phi) is 5.16. The van der Waals surface area contributed by atoms with Gasteiger partial charge >= 0.3 is 6.18 Å². The maximum Gasteiger partial charge on any atom is 0.417 e. The van der Waals surface area contributed by atoms with Gasteiger partial charge in [0.25, 0.3) is 5.56 Å². The number of methoxy groups -OCH3 is 1. The van der Waals surface area contributed by atoms with Crippen molar-refractivity contribution in [2.24, 2.45) is 0 Å². The third kappa shape index (κ3) is 3.51. The van der Waals surface area contributed by atoms with Gasteiger partial charge in [-0.15, -0.1) is 11.3 Å². The molecule has 1 N–H and O–H groups in total. The maximum atomic E-state index is 13.9. The summed E-state index contributed by atoms with van der Waals surface area (Å²) in [6.45, 7) is 0. The predicted octanol–water partition coefficient (Wildman–Crippen LogP) is 5.85. The molecule has 0 aliphatic rings. The molecular formula is C19H11ClF3N3O2S2. The number of benzene rings is 1. The van der Waals surface area contributed by atoms with Gasteiger partial charge in [-0.1, -0.05) is 23.7 Å². The molecule has 0 saturated heterocycles. The number of aromatic nitrogens is 3. The fraction of sp³-hybridized carbons (Fsp3) is 0.105. The van der Waals surface area contributed by atoms with Gasteiger partial charge in [0.15, 0.2) is 10.4 Å². The number of hydrogen-bond donors (Lipinski definition) is 1. The molecule has 0 fully saturated rings. The largest absolute Gasteiger partial charge is 0.495 e. The van der Waals surface area contributed by atoms with Crippen LogP contribution in [0.3, 0.4) is 0 Å². The molecule has 30 heavy (non-hydrogen) atoms. The highest BCUT2D eigenvalue weighted by molar-refractivity contribution is 7.71. The molecule has 0 unspecified atom stereocenters. The first-order chi connectivity index (χ1) is 14.2. The van der Waals surface area contributed by atoms with Crippen molar-refractivity contribution in [3.05, 3.63) is 67.5 Å². The Morgan fingerprint density at radius 3 is 2.60 bits per heavy atom. The summed E-state index contributed by atoms with van der Waals surface area (Å²) in [5, 5.41) is -0.617. The molecule has 0 amide bonds. The molecule has 0 spiro atoms. The van der Waals surface area contributed by atoms with Crippen molar-refractivity contribution in [1.82, 2.24) is 14.5 Å². The van der Waals surface area contributed by atoms with Gasteiger partial charge < -0.3 is 4.74 Å². The van der Waals surface area contributed by atoms with E-state index in [-0.39, 0.29) is 16.1 Å². The number of nitrogens with one attached hydrogen (secondary N) is 1. The lowest BCUT2D eigenvalue weighted by molar-refractivity contribution is -0.136. The van der Waals surface area contributed by atoms with E-state index in [1.165, 1.54) is 11.7 Å². The van der Waals surface area contributed by atoms with Crippen LogP contribution in [0.4, 0.5) is 13.2 Å². The zero-order chi connectivity index (χ0) is 21.6. The van der Waals surface area contributed by atoms with Crippen LogP contribution in [0.1, 0.15) is 5.56 Å². The van der Waals surface area contributed by atoms with Crippen LogP contribution in [0, 0.1) is 4.77 Å². The molecule has 3 aromatic heterocycles. The van der Waals surface area contributed by atoms with Crippen molar-refractivity contribution in [2.45, 2.75) is 6.18 Å². The zero-order valence-corrected chi connectivity index (χ0v) is 17.5. The lowest BCUT2D eigenvalue weighted by atomic mass is 10.1. The first-order valence-electron chi connectivity index (χ1n) is 8.37. The lowest BCUT2D eigenvalue weighted by Gasteiger charge is -2.17. The molecule has 154 valence electrons. The average molecular weight is 470 g/mol. The van der Waals surface area contributed by atoms with Gasteiger partial charge in [-0.2, -0.15) is 13.2 Å². The van der Waals surface area contributed by atoms with Gasteiger partial charge in [0.05, 0.1) is 38.7 Å². The first-order valence-corrected chi connectivity index (χ1v) is 9.97. The fourth-order valence-electron chi connectivity index (χ4n) is 3.07. The number of halogens is 4. The number of alkyl halides is 3. The molecule has 0 aliphatic heterocycles.